The first-order valence-corrected chi connectivity index (χ1v) is 10.8. The highest BCUT2D eigenvalue weighted by atomic mass is 16.8. The van der Waals surface area contributed by atoms with Gasteiger partial charge in [0.15, 0.2) is 18.7 Å². The Morgan fingerprint density at radius 1 is 1.21 bits per heavy atom. The number of rotatable bonds is 8. The third-order valence-corrected chi connectivity index (χ3v) is 5.54. The van der Waals surface area contributed by atoms with E-state index in [1.807, 2.05) is 30.3 Å². The molecule has 2 fully saturated rings. The molecule has 0 amide bonds. The number of carbonyl (C=O) groups is 1. The molecule has 2 aliphatic heterocycles. The monoisotopic (exact) mass is 467 g/mol. The molecule has 4 rings (SSSR count). The fraction of sp³-hybridized carbons (Fsp3) is 0.375. The van der Waals surface area contributed by atoms with E-state index in [2.05, 4.69) is 16.6 Å². The van der Waals surface area contributed by atoms with Gasteiger partial charge in [0, 0.05) is 10.5 Å². The Hall–Kier alpha value is -3.24. The molecule has 2 aliphatic rings. The summed E-state index contributed by atoms with van der Waals surface area (Å²) >= 11 is 0. The van der Waals surface area contributed by atoms with Crippen molar-refractivity contribution in [2.24, 2.45) is 5.11 Å². The zero-order chi connectivity index (χ0) is 23.9. The number of esters is 1. The largest absolute Gasteiger partial charge is 0.450 e. The van der Waals surface area contributed by atoms with Gasteiger partial charge in [0.25, 0.3) is 0 Å². The fourth-order valence-electron chi connectivity index (χ4n) is 3.92. The molecule has 0 aliphatic carbocycles. The first kappa shape index (κ1) is 23.9. The standard InChI is InChI=1S/C24H25N3O7/c1-2-12-30-24-21(33-22(29)17-11-7-6-10-16(17)13-26-27-25)19(28)20-18(32-24)14-31-23(34-20)15-8-4-3-5-9-15/h2-11,18-21,23-24,28H,1,12-14H2/t18-,19+,20-,21-,23-,24+/m1/s1. The van der Waals surface area contributed by atoms with Crippen LogP contribution in [0, 0.1) is 0 Å². The van der Waals surface area contributed by atoms with E-state index < -0.39 is 43.0 Å². The van der Waals surface area contributed by atoms with Crippen LogP contribution in [0.5, 0.6) is 0 Å². The third-order valence-electron chi connectivity index (χ3n) is 5.54. The SMILES string of the molecule is C=CCO[C@H]1O[C@@H]2CO[C@@H](c3ccccc3)O[C@H]2[C@H](O)[C@H]1OC(=O)c1ccccc1CN=[N+]=[N-]. The van der Waals surface area contributed by atoms with E-state index in [1.54, 1.807) is 24.3 Å². The van der Waals surface area contributed by atoms with Gasteiger partial charge in [-0.25, -0.2) is 4.79 Å². The summed E-state index contributed by atoms with van der Waals surface area (Å²) in [6.07, 6.45) is -4.13. The van der Waals surface area contributed by atoms with Crippen LogP contribution in [0.1, 0.15) is 27.8 Å². The second-order valence-electron chi connectivity index (χ2n) is 7.75. The summed E-state index contributed by atoms with van der Waals surface area (Å²) in [4.78, 5) is 15.8. The van der Waals surface area contributed by atoms with Gasteiger partial charge in [-0.05, 0) is 17.2 Å². The van der Waals surface area contributed by atoms with E-state index in [9.17, 15) is 9.90 Å². The number of carbonyl (C=O) groups excluding carboxylic acids is 1. The van der Waals surface area contributed by atoms with E-state index in [1.165, 1.54) is 6.08 Å². The lowest BCUT2D eigenvalue weighted by atomic mass is 9.97. The molecule has 34 heavy (non-hydrogen) atoms. The van der Waals surface area contributed by atoms with Crippen molar-refractivity contribution in [3.8, 4) is 0 Å². The average Bonchev–Trinajstić information content (AvgIpc) is 2.88. The molecular formula is C24H25N3O7. The van der Waals surface area contributed by atoms with Gasteiger partial charge in [-0.2, -0.15) is 0 Å². The van der Waals surface area contributed by atoms with Crippen molar-refractivity contribution in [3.63, 3.8) is 0 Å². The topological polar surface area (TPSA) is 132 Å². The summed E-state index contributed by atoms with van der Waals surface area (Å²) in [6.45, 7) is 3.87. The Morgan fingerprint density at radius 2 is 1.97 bits per heavy atom. The van der Waals surface area contributed by atoms with Crippen LogP contribution in [0.15, 0.2) is 72.4 Å². The number of azide groups is 1. The molecule has 0 spiro atoms. The number of hydrogen-bond donors (Lipinski definition) is 1. The molecule has 2 saturated heterocycles. The Balaban J connectivity index is 1.55. The van der Waals surface area contributed by atoms with Crippen LogP contribution < -0.4 is 0 Å². The maximum Gasteiger partial charge on any atom is 0.338 e. The van der Waals surface area contributed by atoms with Gasteiger partial charge in [0.1, 0.15) is 18.3 Å². The highest BCUT2D eigenvalue weighted by Crippen LogP contribution is 2.35. The lowest BCUT2D eigenvalue weighted by Gasteiger charge is -2.47. The summed E-state index contributed by atoms with van der Waals surface area (Å²) in [6, 6.07) is 15.9. The molecule has 0 saturated carbocycles. The number of nitrogens with zero attached hydrogens (tertiary/aromatic N) is 3. The van der Waals surface area contributed by atoms with Crippen LogP contribution in [0.4, 0.5) is 0 Å². The van der Waals surface area contributed by atoms with Gasteiger partial charge in [-0.3, -0.25) is 0 Å². The molecule has 10 nitrogen and oxygen atoms in total. The number of ether oxygens (including phenoxy) is 5. The molecular weight excluding hydrogens is 442 g/mol. The van der Waals surface area contributed by atoms with Crippen LogP contribution >= 0.6 is 0 Å². The van der Waals surface area contributed by atoms with E-state index in [4.69, 9.17) is 29.2 Å². The van der Waals surface area contributed by atoms with Gasteiger partial charge in [-0.15, -0.1) is 6.58 Å². The van der Waals surface area contributed by atoms with Crippen LogP contribution in [0.3, 0.4) is 0 Å². The van der Waals surface area contributed by atoms with Crippen molar-refractivity contribution in [2.75, 3.05) is 13.2 Å². The number of benzene rings is 2. The molecule has 0 aromatic heterocycles. The summed E-state index contributed by atoms with van der Waals surface area (Å²) in [5.41, 5.74) is 10.1. The van der Waals surface area contributed by atoms with E-state index >= 15 is 0 Å². The molecule has 0 bridgehead atoms. The number of fused-ring (bicyclic) bond motifs is 1. The van der Waals surface area contributed by atoms with Crippen molar-refractivity contribution >= 4 is 5.97 Å². The summed E-state index contributed by atoms with van der Waals surface area (Å²) < 4.78 is 29.1. The Kier molecular flexibility index (Phi) is 7.91. The van der Waals surface area contributed by atoms with Crippen molar-refractivity contribution in [2.45, 2.75) is 43.5 Å². The highest BCUT2D eigenvalue weighted by molar-refractivity contribution is 5.91. The van der Waals surface area contributed by atoms with Gasteiger partial charge in [-0.1, -0.05) is 59.7 Å². The van der Waals surface area contributed by atoms with Crippen molar-refractivity contribution in [1.82, 2.24) is 0 Å². The molecule has 178 valence electrons. The maximum absolute atomic E-state index is 13.0. The fourth-order valence-corrected chi connectivity index (χ4v) is 3.92. The predicted molar refractivity (Wildman–Crippen MR) is 119 cm³/mol. The van der Waals surface area contributed by atoms with Crippen LogP contribution in [-0.4, -0.2) is 55.0 Å². The zero-order valence-corrected chi connectivity index (χ0v) is 18.3. The molecule has 2 heterocycles. The quantitative estimate of drug-likeness (QED) is 0.207. The predicted octanol–water partition coefficient (Wildman–Crippen LogP) is 3.42. The first-order chi connectivity index (χ1) is 16.6. The molecule has 0 unspecified atom stereocenters. The average molecular weight is 467 g/mol. The molecule has 0 radical (unpaired) electrons. The minimum absolute atomic E-state index is 0.0220. The van der Waals surface area contributed by atoms with Crippen molar-refractivity contribution in [3.05, 3.63) is 94.4 Å². The Bertz CT molecular complexity index is 1040. The summed E-state index contributed by atoms with van der Waals surface area (Å²) in [7, 11) is 0. The molecule has 2 aromatic carbocycles. The Morgan fingerprint density at radius 3 is 2.74 bits per heavy atom. The highest BCUT2D eigenvalue weighted by Gasteiger charge is 2.51. The van der Waals surface area contributed by atoms with Crippen LogP contribution in [0.2, 0.25) is 0 Å². The number of aliphatic hydroxyl groups excluding tert-OH is 1. The third kappa shape index (κ3) is 5.28. The zero-order valence-electron chi connectivity index (χ0n) is 18.3. The molecule has 1 N–H and O–H groups in total. The van der Waals surface area contributed by atoms with Crippen molar-refractivity contribution in [1.29, 1.82) is 0 Å². The van der Waals surface area contributed by atoms with Crippen LogP contribution in [-0.2, 0) is 30.2 Å². The van der Waals surface area contributed by atoms with Crippen LogP contribution in [0.25, 0.3) is 10.4 Å². The molecule has 6 atom stereocenters. The van der Waals surface area contributed by atoms with Gasteiger partial charge in [0.2, 0.25) is 0 Å². The number of hydrogen-bond acceptors (Lipinski definition) is 8. The minimum Gasteiger partial charge on any atom is -0.450 e. The maximum atomic E-state index is 13.0. The van der Waals surface area contributed by atoms with E-state index in [-0.39, 0.29) is 25.3 Å². The summed E-state index contributed by atoms with van der Waals surface area (Å²) in [5.74, 6) is -0.714. The van der Waals surface area contributed by atoms with E-state index in [0.29, 0.717) is 5.56 Å². The lowest BCUT2D eigenvalue weighted by molar-refractivity contribution is -0.359. The Labute approximate surface area is 196 Å². The van der Waals surface area contributed by atoms with Gasteiger partial charge < -0.3 is 28.8 Å². The molecule has 10 heteroatoms. The van der Waals surface area contributed by atoms with Gasteiger partial charge >= 0.3 is 5.97 Å². The van der Waals surface area contributed by atoms with E-state index in [0.717, 1.165) is 5.56 Å². The number of aliphatic hydroxyl groups is 1. The van der Waals surface area contributed by atoms with Crippen molar-refractivity contribution < 1.29 is 33.6 Å². The lowest BCUT2D eigenvalue weighted by Crippen LogP contribution is -2.63. The second-order valence-corrected chi connectivity index (χ2v) is 7.75. The van der Waals surface area contributed by atoms with Gasteiger partial charge in [0.05, 0.1) is 25.3 Å². The normalized spacial score (nSPS) is 28.3. The first-order valence-electron chi connectivity index (χ1n) is 10.8. The molecule has 2 aromatic rings. The summed E-state index contributed by atoms with van der Waals surface area (Å²) in [5, 5.41) is 14.7. The smallest absolute Gasteiger partial charge is 0.338 e. The second kappa shape index (κ2) is 11.3. The minimum atomic E-state index is -1.25.